The van der Waals surface area contributed by atoms with Crippen LogP contribution in [0.25, 0.3) is 0 Å². The molecule has 0 saturated heterocycles. The van der Waals surface area contributed by atoms with Gasteiger partial charge in [0.05, 0.1) is 6.61 Å². The van der Waals surface area contributed by atoms with Crippen LogP contribution in [0.2, 0.25) is 0 Å². The van der Waals surface area contributed by atoms with Crippen LogP contribution in [0.3, 0.4) is 0 Å². The second-order valence-electron chi connectivity index (χ2n) is 4.00. The third-order valence-corrected chi connectivity index (χ3v) is 3.76. The van der Waals surface area contributed by atoms with Crippen LogP contribution in [0.5, 0.6) is 5.75 Å². The lowest BCUT2D eigenvalue weighted by molar-refractivity contribution is -0.120. The molecule has 17 heavy (non-hydrogen) atoms. The van der Waals surface area contributed by atoms with E-state index in [4.69, 9.17) is 4.74 Å². The zero-order valence-electron chi connectivity index (χ0n) is 10.5. The lowest BCUT2D eigenvalue weighted by Gasteiger charge is -2.09. The Morgan fingerprint density at radius 3 is 2.47 bits per heavy atom. The van der Waals surface area contributed by atoms with Crippen molar-refractivity contribution in [1.82, 2.24) is 5.32 Å². The molecule has 0 spiro atoms. The van der Waals surface area contributed by atoms with Crippen LogP contribution in [0.4, 0.5) is 0 Å². The highest BCUT2D eigenvalue weighted by atomic mass is 79.9. The molecule has 0 unspecified atom stereocenters. The predicted octanol–water partition coefficient (Wildman–Crippen LogP) is 2.97. The molecule has 0 aromatic heterocycles. The van der Waals surface area contributed by atoms with E-state index in [0.717, 1.165) is 27.8 Å². The molecule has 0 radical (unpaired) electrons. The van der Waals surface area contributed by atoms with Crippen LogP contribution in [-0.2, 0) is 4.79 Å². The number of halogens is 1. The summed E-state index contributed by atoms with van der Waals surface area (Å²) < 4.78 is 6.74. The average molecular weight is 300 g/mol. The average Bonchev–Trinajstić information content (AvgIpc) is 2.31. The van der Waals surface area contributed by atoms with Gasteiger partial charge in [-0.1, -0.05) is 15.9 Å². The first-order valence-electron chi connectivity index (χ1n) is 5.64. The smallest absolute Gasteiger partial charge is 0.219 e. The molecule has 0 heterocycles. The van der Waals surface area contributed by atoms with Crippen LogP contribution >= 0.6 is 15.9 Å². The molecule has 0 aliphatic heterocycles. The standard InChI is InChI=1S/C13H18BrNO2/c1-9-7-11(8-10(2)13(9)14)17-6-4-5-12(16)15-3/h7-8H,4-6H2,1-3H3,(H,15,16). The Morgan fingerprint density at radius 1 is 1.35 bits per heavy atom. The largest absolute Gasteiger partial charge is 0.494 e. The Morgan fingerprint density at radius 2 is 1.94 bits per heavy atom. The predicted molar refractivity (Wildman–Crippen MR) is 72.4 cm³/mol. The normalized spacial score (nSPS) is 10.1. The zero-order chi connectivity index (χ0) is 12.8. The maximum Gasteiger partial charge on any atom is 0.219 e. The number of hydrogen-bond acceptors (Lipinski definition) is 2. The monoisotopic (exact) mass is 299 g/mol. The van der Waals surface area contributed by atoms with Gasteiger partial charge in [0.1, 0.15) is 5.75 Å². The van der Waals surface area contributed by atoms with Gasteiger partial charge in [0, 0.05) is 17.9 Å². The number of nitrogens with one attached hydrogen (secondary N) is 1. The Hall–Kier alpha value is -1.03. The number of amides is 1. The van der Waals surface area contributed by atoms with Gasteiger partial charge in [-0.2, -0.15) is 0 Å². The van der Waals surface area contributed by atoms with Crippen LogP contribution in [0.1, 0.15) is 24.0 Å². The minimum atomic E-state index is 0.0526. The lowest BCUT2D eigenvalue weighted by atomic mass is 10.1. The summed E-state index contributed by atoms with van der Waals surface area (Å²) in [7, 11) is 1.64. The molecule has 4 heteroatoms. The summed E-state index contributed by atoms with van der Waals surface area (Å²) in [4.78, 5) is 11.0. The third-order valence-electron chi connectivity index (χ3n) is 2.51. The highest BCUT2D eigenvalue weighted by Gasteiger charge is 2.03. The molecular weight excluding hydrogens is 282 g/mol. The van der Waals surface area contributed by atoms with Crippen molar-refractivity contribution in [2.75, 3.05) is 13.7 Å². The molecule has 0 atom stereocenters. The molecule has 1 N–H and O–H groups in total. The first-order chi connectivity index (χ1) is 8.04. The molecule has 1 aromatic carbocycles. The fraction of sp³-hybridized carbons (Fsp3) is 0.462. The molecule has 3 nitrogen and oxygen atoms in total. The van der Waals surface area contributed by atoms with Gasteiger partial charge in [-0.05, 0) is 43.5 Å². The lowest BCUT2D eigenvalue weighted by Crippen LogP contribution is -2.18. The van der Waals surface area contributed by atoms with Crippen molar-refractivity contribution >= 4 is 21.8 Å². The quantitative estimate of drug-likeness (QED) is 0.849. The van der Waals surface area contributed by atoms with Gasteiger partial charge in [0.15, 0.2) is 0 Å². The van der Waals surface area contributed by atoms with E-state index in [1.807, 2.05) is 26.0 Å². The summed E-state index contributed by atoms with van der Waals surface area (Å²) in [5.74, 6) is 0.914. The second kappa shape index (κ2) is 6.64. The van der Waals surface area contributed by atoms with Gasteiger partial charge in [0.25, 0.3) is 0 Å². The van der Waals surface area contributed by atoms with E-state index in [2.05, 4.69) is 21.2 Å². The van der Waals surface area contributed by atoms with Crippen molar-refractivity contribution in [3.63, 3.8) is 0 Å². The van der Waals surface area contributed by atoms with Crippen LogP contribution < -0.4 is 10.1 Å². The van der Waals surface area contributed by atoms with Crippen LogP contribution in [0.15, 0.2) is 16.6 Å². The minimum Gasteiger partial charge on any atom is -0.494 e. The number of carbonyl (C=O) groups is 1. The molecule has 0 aliphatic rings. The Bertz CT molecular complexity index is 381. The summed E-state index contributed by atoms with van der Waals surface area (Å²) in [6.45, 7) is 4.64. The van der Waals surface area contributed by atoms with E-state index in [1.54, 1.807) is 7.05 Å². The van der Waals surface area contributed by atoms with E-state index in [1.165, 1.54) is 0 Å². The molecule has 1 aromatic rings. The number of aryl methyl sites for hydroxylation is 2. The number of ether oxygens (including phenoxy) is 1. The van der Waals surface area contributed by atoms with Crippen LogP contribution in [0, 0.1) is 13.8 Å². The van der Waals surface area contributed by atoms with Gasteiger partial charge in [0.2, 0.25) is 5.91 Å². The van der Waals surface area contributed by atoms with Crippen molar-refractivity contribution in [1.29, 1.82) is 0 Å². The third kappa shape index (κ3) is 4.38. The molecular formula is C13H18BrNO2. The van der Waals surface area contributed by atoms with E-state index in [-0.39, 0.29) is 5.91 Å². The van der Waals surface area contributed by atoms with E-state index in [0.29, 0.717) is 13.0 Å². The van der Waals surface area contributed by atoms with Crippen molar-refractivity contribution in [3.05, 3.63) is 27.7 Å². The number of rotatable bonds is 5. The van der Waals surface area contributed by atoms with Crippen molar-refractivity contribution in [3.8, 4) is 5.75 Å². The minimum absolute atomic E-state index is 0.0526. The summed E-state index contributed by atoms with van der Waals surface area (Å²) in [6.07, 6.45) is 1.23. The van der Waals surface area contributed by atoms with Gasteiger partial charge in [-0.3, -0.25) is 4.79 Å². The van der Waals surface area contributed by atoms with E-state index in [9.17, 15) is 4.79 Å². The van der Waals surface area contributed by atoms with Crippen molar-refractivity contribution < 1.29 is 9.53 Å². The molecule has 0 aliphatic carbocycles. The Labute approximate surface area is 111 Å². The topological polar surface area (TPSA) is 38.3 Å². The summed E-state index contributed by atoms with van der Waals surface area (Å²) in [5.41, 5.74) is 2.32. The first-order valence-corrected chi connectivity index (χ1v) is 6.44. The number of hydrogen-bond donors (Lipinski definition) is 1. The Kier molecular flexibility index (Phi) is 5.48. The zero-order valence-corrected chi connectivity index (χ0v) is 12.1. The molecule has 0 bridgehead atoms. The maximum atomic E-state index is 11.0. The highest BCUT2D eigenvalue weighted by molar-refractivity contribution is 9.10. The van der Waals surface area contributed by atoms with Gasteiger partial charge >= 0.3 is 0 Å². The summed E-state index contributed by atoms with van der Waals surface area (Å²) in [6, 6.07) is 3.99. The Balaban J connectivity index is 2.45. The van der Waals surface area contributed by atoms with Crippen molar-refractivity contribution in [2.24, 2.45) is 0 Å². The van der Waals surface area contributed by atoms with Gasteiger partial charge < -0.3 is 10.1 Å². The fourth-order valence-electron chi connectivity index (χ4n) is 1.54. The second-order valence-corrected chi connectivity index (χ2v) is 4.79. The SMILES string of the molecule is CNC(=O)CCCOc1cc(C)c(Br)c(C)c1. The first kappa shape index (κ1) is 14.0. The van der Waals surface area contributed by atoms with Gasteiger partial charge in [-0.25, -0.2) is 0 Å². The number of benzene rings is 1. The van der Waals surface area contributed by atoms with E-state index < -0.39 is 0 Å². The summed E-state index contributed by atoms with van der Waals surface area (Å²) >= 11 is 3.52. The number of carbonyl (C=O) groups excluding carboxylic acids is 1. The van der Waals surface area contributed by atoms with E-state index >= 15 is 0 Å². The molecule has 94 valence electrons. The van der Waals surface area contributed by atoms with Crippen molar-refractivity contribution in [2.45, 2.75) is 26.7 Å². The molecule has 0 saturated carbocycles. The van der Waals surface area contributed by atoms with Gasteiger partial charge in [-0.15, -0.1) is 0 Å². The molecule has 1 amide bonds. The highest BCUT2D eigenvalue weighted by Crippen LogP contribution is 2.26. The summed E-state index contributed by atoms with van der Waals surface area (Å²) in [5, 5.41) is 2.59. The maximum absolute atomic E-state index is 11.0. The molecule has 0 fully saturated rings. The molecule has 1 rings (SSSR count). The fourth-order valence-corrected chi connectivity index (χ4v) is 1.77. The van der Waals surface area contributed by atoms with Crippen LogP contribution in [-0.4, -0.2) is 19.6 Å².